The Labute approximate surface area is 172 Å². The minimum absolute atomic E-state index is 0.171. The number of piperidine rings is 1. The Hall–Kier alpha value is -2.01. The molecule has 1 fully saturated rings. The lowest BCUT2D eigenvalue weighted by Crippen LogP contribution is -2.35. The predicted octanol–water partition coefficient (Wildman–Crippen LogP) is 1.96. The van der Waals surface area contributed by atoms with E-state index in [1.165, 1.54) is 16.6 Å². The van der Waals surface area contributed by atoms with Crippen molar-refractivity contribution in [1.82, 2.24) is 14.0 Å². The molecule has 8 nitrogen and oxygen atoms in total. The van der Waals surface area contributed by atoms with Gasteiger partial charge in [0.1, 0.15) is 10.7 Å². The van der Waals surface area contributed by atoms with Crippen molar-refractivity contribution in [2.75, 3.05) is 31.5 Å². The summed E-state index contributed by atoms with van der Waals surface area (Å²) in [5.41, 5.74) is 0.988. The van der Waals surface area contributed by atoms with Crippen LogP contribution in [-0.4, -0.2) is 52.3 Å². The van der Waals surface area contributed by atoms with Crippen LogP contribution in [-0.2, 0) is 20.0 Å². The number of pyridine rings is 1. The number of nitrogens with one attached hydrogen (secondary N) is 2. The van der Waals surface area contributed by atoms with Gasteiger partial charge in [-0.15, -0.1) is 0 Å². The predicted molar refractivity (Wildman–Crippen MR) is 112 cm³/mol. The third-order valence-corrected chi connectivity index (χ3v) is 8.10. The highest BCUT2D eigenvalue weighted by Gasteiger charge is 2.26. The van der Waals surface area contributed by atoms with Crippen LogP contribution in [0.3, 0.4) is 0 Å². The lowest BCUT2D eigenvalue weighted by molar-refractivity contribution is 0.346. The second-order valence-corrected chi connectivity index (χ2v) is 10.7. The van der Waals surface area contributed by atoms with E-state index in [1.54, 1.807) is 30.3 Å². The molecule has 0 unspecified atom stereocenters. The summed E-state index contributed by atoms with van der Waals surface area (Å²) >= 11 is 0. The maximum atomic E-state index is 12.6. The first kappa shape index (κ1) is 21.7. The fourth-order valence-corrected chi connectivity index (χ4v) is 5.56. The first-order valence-corrected chi connectivity index (χ1v) is 12.5. The second kappa shape index (κ2) is 9.21. The molecule has 158 valence electrons. The van der Waals surface area contributed by atoms with Crippen LogP contribution in [0.2, 0.25) is 0 Å². The number of hydrogen-bond donors (Lipinski definition) is 2. The molecule has 1 aromatic heterocycles. The summed E-state index contributed by atoms with van der Waals surface area (Å²) < 4.78 is 53.7. The number of rotatable bonds is 8. The smallest absolute Gasteiger partial charge is 0.244 e. The first-order chi connectivity index (χ1) is 13.8. The van der Waals surface area contributed by atoms with Crippen molar-refractivity contribution in [2.45, 2.75) is 36.0 Å². The van der Waals surface area contributed by atoms with Gasteiger partial charge in [-0.05, 0) is 44.0 Å². The molecular weight excluding hydrogens is 412 g/mol. The van der Waals surface area contributed by atoms with Crippen LogP contribution >= 0.6 is 0 Å². The van der Waals surface area contributed by atoms with Gasteiger partial charge in [-0.25, -0.2) is 26.5 Å². The van der Waals surface area contributed by atoms with Crippen molar-refractivity contribution in [2.24, 2.45) is 0 Å². The van der Waals surface area contributed by atoms with Gasteiger partial charge < -0.3 is 5.32 Å². The fourth-order valence-electron chi connectivity index (χ4n) is 3.07. The highest BCUT2D eigenvalue weighted by atomic mass is 32.2. The molecule has 2 heterocycles. The maximum Gasteiger partial charge on any atom is 0.244 e. The molecule has 1 aliphatic rings. The van der Waals surface area contributed by atoms with Crippen molar-refractivity contribution in [1.29, 1.82) is 0 Å². The molecule has 2 aromatic rings. The van der Waals surface area contributed by atoms with Gasteiger partial charge in [-0.1, -0.05) is 24.1 Å². The number of benzene rings is 1. The molecule has 10 heteroatoms. The number of aromatic nitrogens is 1. The molecule has 1 saturated heterocycles. The molecule has 29 heavy (non-hydrogen) atoms. The average molecular weight is 439 g/mol. The molecule has 3 rings (SSSR count). The topological polar surface area (TPSA) is 108 Å². The van der Waals surface area contributed by atoms with Crippen LogP contribution in [0.5, 0.6) is 0 Å². The molecule has 0 atom stereocenters. The van der Waals surface area contributed by atoms with Crippen molar-refractivity contribution in [3.8, 4) is 0 Å². The molecular formula is C19H26N4O4S2. The quantitative estimate of drug-likeness (QED) is 0.610. The summed E-state index contributed by atoms with van der Waals surface area (Å²) in [6.07, 6.45) is 4.15. The number of anilines is 1. The van der Waals surface area contributed by atoms with Crippen LogP contribution < -0.4 is 10.0 Å². The van der Waals surface area contributed by atoms with Crippen molar-refractivity contribution >= 4 is 25.9 Å². The number of aryl methyl sites for hydroxylation is 1. The Morgan fingerprint density at radius 2 is 1.55 bits per heavy atom. The molecule has 0 saturated carbocycles. The van der Waals surface area contributed by atoms with Gasteiger partial charge >= 0.3 is 0 Å². The van der Waals surface area contributed by atoms with E-state index in [0.717, 1.165) is 24.8 Å². The van der Waals surface area contributed by atoms with Crippen LogP contribution in [0, 0.1) is 6.92 Å². The van der Waals surface area contributed by atoms with E-state index >= 15 is 0 Å². The highest BCUT2D eigenvalue weighted by Crippen LogP contribution is 2.20. The second-order valence-electron chi connectivity index (χ2n) is 6.98. The normalized spacial score (nSPS) is 15.9. The zero-order valence-corrected chi connectivity index (χ0v) is 18.0. The Morgan fingerprint density at radius 1 is 0.897 bits per heavy atom. The Kier molecular flexibility index (Phi) is 6.89. The highest BCUT2D eigenvalue weighted by molar-refractivity contribution is 7.89. The van der Waals surface area contributed by atoms with Gasteiger partial charge in [-0.3, -0.25) is 0 Å². The third-order valence-electron chi connectivity index (χ3n) is 4.74. The standard InChI is InChI=1S/C19H26N4O4S2/c1-16-5-7-17(8-6-16)28(24,25)22-12-11-20-19-10-9-18(15-21-19)29(26,27)23-13-3-2-4-14-23/h5-10,15,22H,2-4,11-14H2,1H3,(H,20,21). The van der Waals surface area contributed by atoms with Gasteiger partial charge in [0.2, 0.25) is 20.0 Å². The van der Waals surface area contributed by atoms with Gasteiger partial charge in [-0.2, -0.15) is 4.31 Å². The fraction of sp³-hybridized carbons (Fsp3) is 0.421. The Balaban J connectivity index is 1.52. The summed E-state index contributed by atoms with van der Waals surface area (Å²) in [6.45, 7) is 3.47. The zero-order valence-electron chi connectivity index (χ0n) is 16.3. The average Bonchev–Trinajstić information content (AvgIpc) is 2.72. The molecule has 0 bridgehead atoms. The molecule has 0 amide bonds. The Bertz CT molecular complexity index is 1010. The lowest BCUT2D eigenvalue weighted by Gasteiger charge is -2.25. The number of hydrogen-bond acceptors (Lipinski definition) is 6. The zero-order chi connectivity index (χ0) is 20.9. The number of nitrogens with zero attached hydrogens (tertiary/aromatic N) is 2. The minimum Gasteiger partial charge on any atom is -0.369 e. The molecule has 1 aliphatic heterocycles. The molecule has 1 aromatic carbocycles. The minimum atomic E-state index is -3.57. The maximum absolute atomic E-state index is 12.6. The largest absolute Gasteiger partial charge is 0.369 e. The van der Waals surface area contributed by atoms with E-state index in [9.17, 15) is 16.8 Å². The van der Waals surface area contributed by atoms with E-state index in [2.05, 4.69) is 15.0 Å². The first-order valence-electron chi connectivity index (χ1n) is 9.55. The monoisotopic (exact) mass is 438 g/mol. The van der Waals surface area contributed by atoms with E-state index in [1.807, 2.05) is 6.92 Å². The van der Waals surface area contributed by atoms with Crippen molar-refractivity contribution in [3.63, 3.8) is 0 Å². The van der Waals surface area contributed by atoms with Crippen LogP contribution in [0.1, 0.15) is 24.8 Å². The summed E-state index contributed by atoms with van der Waals surface area (Å²) in [4.78, 5) is 4.54. The van der Waals surface area contributed by atoms with Gasteiger partial charge in [0.05, 0.1) is 4.90 Å². The van der Waals surface area contributed by atoms with Gasteiger partial charge in [0, 0.05) is 32.4 Å². The molecule has 0 radical (unpaired) electrons. The van der Waals surface area contributed by atoms with Crippen LogP contribution in [0.4, 0.5) is 5.82 Å². The SMILES string of the molecule is Cc1ccc(S(=O)(=O)NCCNc2ccc(S(=O)(=O)N3CCCCC3)cn2)cc1. The lowest BCUT2D eigenvalue weighted by atomic mass is 10.2. The molecule has 2 N–H and O–H groups in total. The van der Waals surface area contributed by atoms with Crippen molar-refractivity contribution in [3.05, 3.63) is 48.2 Å². The number of sulfonamides is 2. The summed E-state index contributed by atoms with van der Waals surface area (Å²) in [6, 6.07) is 9.73. The summed E-state index contributed by atoms with van der Waals surface area (Å²) in [5, 5.41) is 2.99. The molecule has 0 spiro atoms. The van der Waals surface area contributed by atoms with E-state index in [0.29, 0.717) is 25.5 Å². The van der Waals surface area contributed by atoms with Crippen LogP contribution in [0.15, 0.2) is 52.4 Å². The van der Waals surface area contributed by atoms with E-state index in [4.69, 9.17) is 0 Å². The van der Waals surface area contributed by atoms with Crippen molar-refractivity contribution < 1.29 is 16.8 Å². The van der Waals surface area contributed by atoms with Gasteiger partial charge in [0.25, 0.3) is 0 Å². The third kappa shape index (κ3) is 5.53. The van der Waals surface area contributed by atoms with E-state index < -0.39 is 20.0 Å². The van der Waals surface area contributed by atoms with Gasteiger partial charge in [0.15, 0.2) is 0 Å². The summed E-state index contributed by atoms with van der Waals surface area (Å²) in [5.74, 6) is 0.483. The summed E-state index contributed by atoms with van der Waals surface area (Å²) in [7, 11) is -7.07. The molecule has 0 aliphatic carbocycles. The van der Waals surface area contributed by atoms with E-state index in [-0.39, 0.29) is 16.3 Å². The van der Waals surface area contributed by atoms with Crippen LogP contribution in [0.25, 0.3) is 0 Å². The Morgan fingerprint density at radius 3 is 2.17 bits per heavy atom.